The van der Waals surface area contributed by atoms with Crippen molar-refractivity contribution in [1.82, 2.24) is 20.1 Å². The average molecular weight is 258 g/mol. The lowest BCUT2D eigenvalue weighted by Gasteiger charge is -2.07. The first kappa shape index (κ1) is 13.3. The van der Waals surface area contributed by atoms with Crippen molar-refractivity contribution in [1.29, 1.82) is 0 Å². The van der Waals surface area contributed by atoms with E-state index in [0.717, 1.165) is 5.56 Å². The number of carbonyl (C=O) groups excluding carboxylic acids is 1. The molecule has 0 aliphatic carbocycles. The van der Waals surface area contributed by atoms with Crippen molar-refractivity contribution in [2.75, 3.05) is 6.54 Å². The van der Waals surface area contributed by atoms with E-state index in [9.17, 15) is 4.79 Å². The Labute approximate surface area is 112 Å². The lowest BCUT2D eigenvalue weighted by Crippen LogP contribution is -2.27. The number of hydrogen-bond donors (Lipinski definition) is 1. The van der Waals surface area contributed by atoms with Gasteiger partial charge in [0.1, 0.15) is 5.69 Å². The van der Waals surface area contributed by atoms with E-state index < -0.39 is 0 Å². The van der Waals surface area contributed by atoms with Gasteiger partial charge >= 0.3 is 0 Å². The molecule has 0 radical (unpaired) electrons. The molecule has 0 atom stereocenters. The van der Waals surface area contributed by atoms with Crippen LogP contribution in [0.25, 0.3) is 11.3 Å². The number of rotatable bonds is 4. The van der Waals surface area contributed by atoms with Gasteiger partial charge in [-0.1, -0.05) is 13.8 Å². The van der Waals surface area contributed by atoms with Crippen molar-refractivity contribution in [3.05, 3.63) is 36.3 Å². The monoisotopic (exact) mass is 258 g/mol. The molecule has 1 N–H and O–H groups in total. The summed E-state index contributed by atoms with van der Waals surface area (Å²) in [6.45, 7) is 4.78. The van der Waals surface area contributed by atoms with Gasteiger partial charge in [-0.05, 0) is 18.1 Å². The van der Waals surface area contributed by atoms with Crippen LogP contribution in [0.5, 0.6) is 0 Å². The number of carbonyl (C=O) groups is 1. The third-order valence-corrected chi connectivity index (χ3v) is 2.70. The molecule has 5 heteroatoms. The minimum atomic E-state index is -0.0892. The third-order valence-electron chi connectivity index (χ3n) is 2.70. The standard InChI is InChI=1S/C14H18N4O/c1-10(2)8-16-14(19)12-9-18(3)17-13(12)11-4-6-15-7-5-11/h4-7,9-10H,8H2,1-3H3,(H,16,19). The summed E-state index contributed by atoms with van der Waals surface area (Å²) in [6, 6.07) is 3.70. The Kier molecular flexibility index (Phi) is 3.94. The largest absolute Gasteiger partial charge is 0.352 e. The molecule has 0 aliphatic rings. The van der Waals surface area contributed by atoms with E-state index >= 15 is 0 Å². The molecule has 2 rings (SSSR count). The SMILES string of the molecule is CC(C)CNC(=O)c1cn(C)nc1-c1ccncc1. The Morgan fingerprint density at radius 3 is 2.68 bits per heavy atom. The third kappa shape index (κ3) is 3.19. The van der Waals surface area contributed by atoms with Gasteiger partial charge in [0.2, 0.25) is 0 Å². The summed E-state index contributed by atoms with van der Waals surface area (Å²) in [7, 11) is 1.81. The summed E-state index contributed by atoms with van der Waals surface area (Å²) in [5.74, 6) is 0.332. The predicted octanol–water partition coefficient (Wildman–Crippen LogP) is 1.87. The molecule has 0 spiro atoms. The van der Waals surface area contributed by atoms with Crippen LogP contribution in [0.2, 0.25) is 0 Å². The molecule has 0 saturated carbocycles. The van der Waals surface area contributed by atoms with Crippen molar-refractivity contribution < 1.29 is 4.79 Å². The molecular weight excluding hydrogens is 240 g/mol. The highest BCUT2D eigenvalue weighted by Crippen LogP contribution is 2.20. The van der Waals surface area contributed by atoms with Crippen LogP contribution in [0.3, 0.4) is 0 Å². The summed E-state index contributed by atoms with van der Waals surface area (Å²) in [4.78, 5) is 16.2. The average Bonchev–Trinajstić information content (AvgIpc) is 2.79. The highest BCUT2D eigenvalue weighted by atomic mass is 16.1. The topological polar surface area (TPSA) is 59.8 Å². The van der Waals surface area contributed by atoms with Crippen LogP contribution in [0.4, 0.5) is 0 Å². The van der Waals surface area contributed by atoms with Crippen molar-refractivity contribution in [2.45, 2.75) is 13.8 Å². The maximum atomic E-state index is 12.2. The molecule has 2 aromatic rings. The van der Waals surface area contributed by atoms with Gasteiger partial charge < -0.3 is 5.32 Å². The second-order valence-corrected chi connectivity index (χ2v) is 4.90. The molecule has 2 heterocycles. The summed E-state index contributed by atoms with van der Waals surface area (Å²) >= 11 is 0. The maximum Gasteiger partial charge on any atom is 0.255 e. The maximum absolute atomic E-state index is 12.2. The predicted molar refractivity (Wildman–Crippen MR) is 73.6 cm³/mol. The molecule has 0 saturated heterocycles. The fourth-order valence-electron chi connectivity index (χ4n) is 1.77. The van der Waals surface area contributed by atoms with Crippen molar-refractivity contribution in [3.8, 4) is 11.3 Å². The Morgan fingerprint density at radius 2 is 2.05 bits per heavy atom. The first-order valence-corrected chi connectivity index (χ1v) is 6.30. The van der Waals surface area contributed by atoms with E-state index in [0.29, 0.717) is 23.7 Å². The molecule has 0 aliphatic heterocycles. The van der Waals surface area contributed by atoms with Crippen LogP contribution in [0.15, 0.2) is 30.7 Å². The van der Waals surface area contributed by atoms with Gasteiger partial charge in [-0.2, -0.15) is 5.10 Å². The molecule has 5 nitrogen and oxygen atoms in total. The molecule has 2 aromatic heterocycles. The Morgan fingerprint density at radius 1 is 1.37 bits per heavy atom. The molecule has 100 valence electrons. The van der Waals surface area contributed by atoms with E-state index in [4.69, 9.17) is 0 Å². The fourth-order valence-corrected chi connectivity index (χ4v) is 1.77. The molecule has 0 bridgehead atoms. The minimum absolute atomic E-state index is 0.0892. The lowest BCUT2D eigenvalue weighted by molar-refractivity contribution is 0.0949. The highest BCUT2D eigenvalue weighted by Gasteiger charge is 2.16. The number of aromatic nitrogens is 3. The van der Waals surface area contributed by atoms with Crippen molar-refractivity contribution >= 4 is 5.91 Å². The van der Waals surface area contributed by atoms with Gasteiger partial charge in [0.05, 0.1) is 5.56 Å². The van der Waals surface area contributed by atoms with Crippen LogP contribution in [-0.4, -0.2) is 27.2 Å². The van der Waals surface area contributed by atoms with Gasteiger partial charge in [-0.3, -0.25) is 14.5 Å². The number of amides is 1. The number of hydrogen-bond acceptors (Lipinski definition) is 3. The first-order chi connectivity index (χ1) is 9.08. The van der Waals surface area contributed by atoms with Gasteiger partial charge in [-0.15, -0.1) is 0 Å². The molecule has 1 amide bonds. The lowest BCUT2D eigenvalue weighted by atomic mass is 10.1. The molecule has 19 heavy (non-hydrogen) atoms. The Hall–Kier alpha value is -2.17. The van der Waals surface area contributed by atoms with Crippen LogP contribution < -0.4 is 5.32 Å². The second-order valence-electron chi connectivity index (χ2n) is 4.90. The Bertz CT molecular complexity index is 560. The highest BCUT2D eigenvalue weighted by molar-refractivity contribution is 5.99. The van der Waals surface area contributed by atoms with Crippen LogP contribution in [0, 0.1) is 5.92 Å². The van der Waals surface area contributed by atoms with E-state index in [2.05, 4.69) is 29.2 Å². The minimum Gasteiger partial charge on any atom is -0.352 e. The van der Waals surface area contributed by atoms with Crippen molar-refractivity contribution in [3.63, 3.8) is 0 Å². The summed E-state index contributed by atoms with van der Waals surface area (Å²) < 4.78 is 1.65. The molecular formula is C14H18N4O. The van der Waals surface area contributed by atoms with Crippen LogP contribution in [0.1, 0.15) is 24.2 Å². The van der Waals surface area contributed by atoms with Gasteiger partial charge in [0, 0.05) is 37.7 Å². The van der Waals surface area contributed by atoms with E-state index in [1.165, 1.54) is 0 Å². The first-order valence-electron chi connectivity index (χ1n) is 6.30. The summed E-state index contributed by atoms with van der Waals surface area (Å²) in [6.07, 6.45) is 5.13. The molecule has 0 fully saturated rings. The normalized spacial score (nSPS) is 10.7. The summed E-state index contributed by atoms with van der Waals surface area (Å²) in [5, 5.41) is 7.27. The number of nitrogens with one attached hydrogen (secondary N) is 1. The zero-order valence-corrected chi connectivity index (χ0v) is 11.4. The van der Waals surface area contributed by atoms with Crippen molar-refractivity contribution in [2.24, 2.45) is 13.0 Å². The number of aryl methyl sites for hydroxylation is 1. The number of pyridine rings is 1. The smallest absolute Gasteiger partial charge is 0.255 e. The van der Waals surface area contributed by atoms with Gasteiger partial charge in [0.15, 0.2) is 0 Å². The van der Waals surface area contributed by atoms with Crippen LogP contribution in [-0.2, 0) is 7.05 Å². The van der Waals surface area contributed by atoms with Crippen LogP contribution >= 0.6 is 0 Å². The zero-order valence-electron chi connectivity index (χ0n) is 11.4. The van der Waals surface area contributed by atoms with Gasteiger partial charge in [0.25, 0.3) is 5.91 Å². The molecule has 0 unspecified atom stereocenters. The van der Waals surface area contributed by atoms with E-state index in [-0.39, 0.29) is 5.91 Å². The van der Waals surface area contributed by atoms with Gasteiger partial charge in [-0.25, -0.2) is 0 Å². The quantitative estimate of drug-likeness (QED) is 0.910. The Balaban J connectivity index is 2.29. The summed E-state index contributed by atoms with van der Waals surface area (Å²) in [5.41, 5.74) is 2.17. The zero-order chi connectivity index (χ0) is 13.8. The van der Waals surface area contributed by atoms with E-state index in [1.54, 1.807) is 23.3 Å². The molecule has 0 aromatic carbocycles. The second kappa shape index (κ2) is 5.65. The fraction of sp³-hybridized carbons (Fsp3) is 0.357. The van der Waals surface area contributed by atoms with E-state index in [1.807, 2.05) is 19.2 Å². The number of nitrogens with zero attached hydrogens (tertiary/aromatic N) is 3.